The van der Waals surface area contributed by atoms with Gasteiger partial charge in [0.15, 0.2) is 5.58 Å². The standard InChI is InChI=1S/C19H21N3O3/c23-18(15-10-12-1-2-13(15)9-12)20-14-3-4-16-17(11-14)25-19(21-16)22-5-7-24-8-6-22/h1-4,11-13,15H,5-10H2,(H,20,23). The molecule has 1 saturated carbocycles. The fourth-order valence-corrected chi connectivity index (χ4v) is 4.20. The van der Waals surface area contributed by atoms with Crippen molar-refractivity contribution in [1.29, 1.82) is 0 Å². The molecule has 1 aromatic heterocycles. The molecule has 6 heteroatoms. The van der Waals surface area contributed by atoms with Gasteiger partial charge in [0.05, 0.1) is 13.2 Å². The molecule has 1 aliphatic heterocycles. The van der Waals surface area contributed by atoms with Crippen LogP contribution in [0.3, 0.4) is 0 Å². The lowest BCUT2D eigenvalue weighted by atomic mass is 9.93. The van der Waals surface area contributed by atoms with Crippen LogP contribution in [0.2, 0.25) is 0 Å². The first-order valence-electron chi connectivity index (χ1n) is 8.99. The van der Waals surface area contributed by atoms with E-state index in [9.17, 15) is 4.79 Å². The van der Waals surface area contributed by atoms with E-state index >= 15 is 0 Å². The predicted octanol–water partition coefficient (Wildman–Crippen LogP) is 2.82. The minimum absolute atomic E-state index is 0.101. The maximum absolute atomic E-state index is 12.6. The number of nitrogens with one attached hydrogen (secondary N) is 1. The van der Waals surface area contributed by atoms with Crippen molar-refractivity contribution in [3.63, 3.8) is 0 Å². The summed E-state index contributed by atoms with van der Waals surface area (Å²) in [6.07, 6.45) is 6.55. The third kappa shape index (κ3) is 2.70. The maximum Gasteiger partial charge on any atom is 0.298 e. The molecule has 2 bridgehead atoms. The summed E-state index contributed by atoms with van der Waals surface area (Å²) in [6, 6.07) is 6.29. The lowest BCUT2D eigenvalue weighted by Gasteiger charge is -2.24. The second-order valence-electron chi connectivity index (χ2n) is 7.15. The zero-order valence-electron chi connectivity index (χ0n) is 14.0. The van der Waals surface area contributed by atoms with Crippen molar-refractivity contribution >= 4 is 28.7 Å². The number of oxazole rings is 1. The third-order valence-electron chi connectivity index (χ3n) is 5.54. The summed E-state index contributed by atoms with van der Waals surface area (Å²) in [5.74, 6) is 1.22. The fourth-order valence-electron chi connectivity index (χ4n) is 4.20. The average Bonchev–Trinajstić information content (AvgIpc) is 3.37. The first-order valence-corrected chi connectivity index (χ1v) is 8.99. The molecule has 2 aliphatic carbocycles. The number of aromatic nitrogens is 1. The first kappa shape index (κ1) is 15.0. The molecule has 1 aromatic carbocycles. The quantitative estimate of drug-likeness (QED) is 0.871. The van der Waals surface area contributed by atoms with Gasteiger partial charge in [-0.25, -0.2) is 0 Å². The van der Waals surface area contributed by atoms with Gasteiger partial charge in [0.2, 0.25) is 5.91 Å². The molecule has 0 spiro atoms. The van der Waals surface area contributed by atoms with Crippen LogP contribution >= 0.6 is 0 Å². The van der Waals surface area contributed by atoms with E-state index < -0.39 is 0 Å². The molecule has 5 rings (SSSR count). The smallest absolute Gasteiger partial charge is 0.298 e. The minimum atomic E-state index is 0.101. The summed E-state index contributed by atoms with van der Waals surface area (Å²) in [5.41, 5.74) is 2.28. The predicted molar refractivity (Wildman–Crippen MR) is 94.5 cm³/mol. The highest BCUT2D eigenvalue weighted by Crippen LogP contribution is 2.43. The number of nitrogens with zero attached hydrogens (tertiary/aromatic N) is 2. The van der Waals surface area contributed by atoms with Gasteiger partial charge < -0.3 is 19.4 Å². The monoisotopic (exact) mass is 339 g/mol. The molecule has 130 valence electrons. The molecule has 2 fully saturated rings. The number of ether oxygens (including phenoxy) is 1. The van der Waals surface area contributed by atoms with Gasteiger partial charge in [-0.05, 0) is 36.8 Å². The Kier molecular flexibility index (Phi) is 3.52. The molecule has 25 heavy (non-hydrogen) atoms. The summed E-state index contributed by atoms with van der Waals surface area (Å²) < 4.78 is 11.3. The van der Waals surface area contributed by atoms with Gasteiger partial charge in [0, 0.05) is 30.8 Å². The molecular weight excluding hydrogens is 318 g/mol. The second-order valence-corrected chi connectivity index (χ2v) is 7.15. The van der Waals surface area contributed by atoms with E-state index in [0.717, 1.165) is 37.1 Å². The summed E-state index contributed by atoms with van der Waals surface area (Å²) in [4.78, 5) is 19.2. The lowest BCUT2D eigenvalue weighted by molar-refractivity contribution is -0.120. The Morgan fingerprint density at radius 3 is 2.84 bits per heavy atom. The largest absolute Gasteiger partial charge is 0.423 e. The second kappa shape index (κ2) is 5.88. The van der Waals surface area contributed by atoms with Crippen molar-refractivity contribution in [2.24, 2.45) is 17.8 Å². The van der Waals surface area contributed by atoms with Crippen LogP contribution in [0.15, 0.2) is 34.8 Å². The van der Waals surface area contributed by atoms with Crippen LogP contribution in [0, 0.1) is 17.8 Å². The number of fused-ring (bicyclic) bond motifs is 3. The Balaban J connectivity index is 1.33. The number of anilines is 2. The Labute approximate surface area is 145 Å². The van der Waals surface area contributed by atoms with Crippen LogP contribution in [0.25, 0.3) is 11.1 Å². The SMILES string of the molecule is O=C(Nc1ccc2nc(N3CCOCC3)oc2c1)C1CC2C=CC1C2. The number of benzene rings is 1. The zero-order valence-corrected chi connectivity index (χ0v) is 14.0. The molecule has 3 atom stereocenters. The summed E-state index contributed by atoms with van der Waals surface area (Å²) in [6.45, 7) is 2.96. The van der Waals surface area contributed by atoms with Crippen LogP contribution in [0.5, 0.6) is 0 Å². The van der Waals surface area contributed by atoms with E-state index in [1.807, 2.05) is 18.2 Å². The van der Waals surface area contributed by atoms with Crippen LogP contribution in [0.4, 0.5) is 11.7 Å². The highest BCUT2D eigenvalue weighted by atomic mass is 16.5. The van der Waals surface area contributed by atoms with Gasteiger partial charge >= 0.3 is 0 Å². The first-order chi connectivity index (χ1) is 12.3. The zero-order chi connectivity index (χ0) is 16.8. The molecule has 6 nitrogen and oxygen atoms in total. The van der Waals surface area contributed by atoms with Crippen molar-refractivity contribution in [1.82, 2.24) is 4.98 Å². The number of amides is 1. The maximum atomic E-state index is 12.6. The fraction of sp³-hybridized carbons (Fsp3) is 0.474. The molecule has 2 aromatic rings. The van der Waals surface area contributed by atoms with E-state index in [1.165, 1.54) is 0 Å². The van der Waals surface area contributed by atoms with Crippen LogP contribution < -0.4 is 10.2 Å². The van der Waals surface area contributed by atoms with Gasteiger partial charge in [-0.2, -0.15) is 4.98 Å². The number of hydrogen-bond acceptors (Lipinski definition) is 5. The van der Waals surface area contributed by atoms with Gasteiger partial charge in [0.1, 0.15) is 5.52 Å². The third-order valence-corrected chi connectivity index (χ3v) is 5.54. The van der Waals surface area contributed by atoms with Gasteiger partial charge in [0.25, 0.3) is 6.01 Å². The number of hydrogen-bond donors (Lipinski definition) is 1. The van der Waals surface area contributed by atoms with Gasteiger partial charge in [-0.1, -0.05) is 12.2 Å². The molecule has 3 unspecified atom stereocenters. The number of morpholine rings is 1. The molecule has 1 N–H and O–H groups in total. The van der Waals surface area contributed by atoms with Gasteiger partial charge in [-0.3, -0.25) is 4.79 Å². The normalized spacial score (nSPS) is 28.0. The van der Waals surface area contributed by atoms with Gasteiger partial charge in [-0.15, -0.1) is 0 Å². The minimum Gasteiger partial charge on any atom is -0.423 e. The number of carbonyl (C=O) groups is 1. The molecule has 1 saturated heterocycles. The lowest BCUT2D eigenvalue weighted by Crippen LogP contribution is -2.36. The van der Waals surface area contributed by atoms with E-state index in [2.05, 4.69) is 27.4 Å². The van der Waals surface area contributed by atoms with Crippen LogP contribution in [-0.2, 0) is 9.53 Å². The molecular formula is C19H21N3O3. The highest BCUT2D eigenvalue weighted by Gasteiger charge is 2.39. The number of carbonyl (C=O) groups excluding carboxylic acids is 1. The van der Waals surface area contributed by atoms with E-state index in [0.29, 0.717) is 36.6 Å². The summed E-state index contributed by atoms with van der Waals surface area (Å²) >= 11 is 0. The van der Waals surface area contributed by atoms with E-state index in [4.69, 9.17) is 9.15 Å². The van der Waals surface area contributed by atoms with Crippen molar-refractivity contribution in [2.75, 3.05) is 36.5 Å². The Bertz CT molecular complexity index is 838. The average molecular weight is 339 g/mol. The Morgan fingerprint density at radius 2 is 2.08 bits per heavy atom. The number of allylic oxidation sites excluding steroid dienone is 2. The molecule has 1 amide bonds. The molecule has 3 aliphatic rings. The van der Waals surface area contributed by atoms with Crippen LogP contribution in [-0.4, -0.2) is 37.2 Å². The summed E-state index contributed by atoms with van der Waals surface area (Å²) in [7, 11) is 0. The topological polar surface area (TPSA) is 67.6 Å². The Morgan fingerprint density at radius 1 is 1.20 bits per heavy atom. The molecule has 0 radical (unpaired) electrons. The van der Waals surface area contributed by atoms with Crippen molar-refractivity contribution in [3.05, 3.63) is 30.4 Å². The Hall–Kier alpha value is -2.34. The van der Waals surface area contributed by atoms with E-state index in [1.54, 1.807) is 0 Å². The summed E-state index contributed by atoms with van der Waals surface area (Å²) in [5, 5.41) is 3.06. The van der Waals surface area contributed by atoms with Crippen molar-refractivity contribution in [3.8, 4) is 0 Å². The van der Waals surface area contributed by atoms with Crippen molar-refractivity contribution < 1.29 is 13.9 Å². The molecule has 2 heterocycles. The number of rotatable bonds is 3. The van der Waals surface area contributed by atoms with Crippen LogP contribution in [0.1, 0.15) is 12.8 Å². The van der Waals surface area contributed by atoms with E-state index in [-0.39, 0.29) is 11.8 Å². The highest BCUT2D eigenvalue weighted by molar-refractivity contribution is 5.95. The van der Waals surface area contributed by atoms with Crippen molar-refractivity contribution in [2.45, 2.75) is 12.8 Å².